The Morgan fingerprint density at radius 3 is 2.88 bits per heavy atom. The summed E-state index contributed by atoms with van der Waals surface area (Å²) in [6, 6.07) is 6.48. The van der Waals surface area contributed by atoms with Crippen LogP contribution in [-0.2, 0) is 6.42 Å². The van der Waals surface area contributed by atoms with Gasteiger partial charge in [-0.05, 0) is 37.2 Å². The second-order valence-corrected chi connectivity index (χ2v) is 4.38. The molecular formula is C14H22N2O. The van der Waals surface area contributed by atoms with E-state index in [0.717, 1.165) is 50.6 Å². The lowest BCUT2D eigenvalue weighted by Crippen LogP contribution is -2.25. The molecule has 94 valence electrons. The highest BCUT2D eigenvalue weighted by Crippen LogP contribution is 2.28. The summed E-state index contributed by atoms with van der Waals surface area (Å²) in [5.41, 5.74) is 2.53. The zero-order valence-electron chi connectivity index (χ0n) is 10.8. The molecule has 0 spiro atoms. The third kappa shape index (κ3) is 3.13. The number of hydrogen-bond acceptors (Lipinski definition) is 3. The quantitative estimate of drug-likeness (QED) is 0.846. The first-order chi connectivity index (χ1) is 8.33. The standard InChI is InChI=1S/C14H22N2O/c1-3-16(4-2)9-7-12-5-6-14-13(11-12)15-8-10-17-14/h5-6,11,15H,3-4,7-10H2,1-2H3. The number of fused-ring (bicyclic) bond motifs is 1. The van der Waals surface area contributed by atoms with Crippen LogP contribution in [0.15, 0.2) is 18.2 Å². The van der Waals surface area contributed by atoms with Crippen LogP contribution in [-0.4, -0.2) is 37.7 Å². The van der Waals surface area contributed by atoms with E-state index in [1.54, 1.807) is 0 Å². The van der Waals surface area contributed by atoms with E-state index in [0.29, 0.717) is 0 Å². The molecule has 0 unspecified atom stereocenters. The van der Waals surface area contributed by atoms with Gasteiger partial charge in [0.15, 0.2) is 0 Å². The van der Waals surface area contributed by atoms with Gasteiger partial charge in [0, 0.05) is 13.1 Å². The average Bonchev–Trinajstić information content (AvgIpc) is 2.40. The molecule has 2 rings (SSSR count). The molecule has 0 radical (unpaired) electrons. The van der Waals surface area contributed by atoms with Crippen LogP contribution in [0.5, 0.6) is 5.75 Å². The molecule has 0 saturated heterocycles. The predicted octanol–water partition coefficient (Wildman–Crippen LogP) is 2.38. The zero-order chi connectivity index (χ0) is 12.1. The van der Waals surface area contributed by atoms with E-state index >= 15 is 0 Å². The van der Waals surface area contributed by atoms with Crippen LogP contribution < -0.4 is 10.1 Å². The molecule has 1 aromatic rings. The molecule has 0 fully saturated rings. The Morgan fingerprint density at radius 2 is 2.12 bits per heavy atom. The van der Waals surface area contributed by atoms with E-state index in [9.17, 15) is 0 Å². The molecule has 17 heavy (non-hydrogen) atoms. The number of nitrogens with one attached hydrogen (secondary N) is 1. The van der Waals surface area contributed by atoms with Gasteiger partial charge in [0.25, 0.3) is 0 Å². The van der Waals surface area contributed by atoms with Gasteiger partial charge in [-0.1, -0.05) is 19.9 Å². The van der Waals surface area contributed by atoms with Crippen LogP contribution in [0, 0.1) is 0 Å². The van der Waals surface area contributed by atoms with Gasteiger partial charge in [0.05, 0.1) is 5.69 Å². The molecule has 1 heterocycles. The Bertz CT molecular complexity index is 361. The Kier molecular flexibility index (Phi) is 4.26. The van der Waals surface area contributed by atoms with Crippen molar-refractivity contribution in [1.29, 1.82) is 0 Å². The highest BCUT2D eigenvalue weighted by Gasteiger charge is 2.09. The van der Waals surface area contributed by atoms with E-state index in [1.807, 2.05) is 0 Å². The number of hydrogen-bond donors (Lipinski definition) is 1. The van der Waals surface area contributed by atoms with Gasteiger partial charge < -0.3 is 15.0 Å². The van der Waals surface area contributed by atoms with E-state index in [-0.39, 0.29) is 0 Å². The highest BCUT2D eigenvalue weighted by atomic mass is 16.5. The maximum Gasteiger partial charge on any atom is 0.142 e. The molecule has 0 aliphatic carbocycles. The van der Waals surface area contributed by atoms with E-state index < -0.39 is 0 Å². The van der Waals surface area contributed by atoms with E-state index in [4.69, 9.17) is 4.74 Å². The fourth-order valence-corrected chi connectivity index (χ4v) is 2.17. The first kappa shape index (κ1) is 12.2. The lowest BCUT2D eigenvalue weighted by molar-refractivity contribution is 0.307. The molecule has 0 saturated carbocycles. The Morgan fingerprint density at radius 1 is 1.29 bits per heavy atom. The van der Waals surface area contributed by atoms with Crippen LogP contribution in [0.4, 0.5) is 5.69 Å². The molecule has 0 atom stereocenters. The Labute approximate surface area is 104 Å². The van der Waals surface area contributed by atoms with Crippen molar-refractivity contribution in [2.24, 2.45) is 0 Å². The lowest BCUT2D eigenvalue weighted by atomic mass is 10.1. The van der Waals surface area contributed by atoms with Crippen molar-refractivity contribution in [2.75, 3.05) is 38.1 Å². The summed E-state index contributed by atoms with van der Waals surface area (Å²) >= 11 is 0. The third-order valence-electron chi connectivity index (χ3n) is 3.33. The fraction of sp³-hybridized carbons (Fsp3) is 0.571. The van der Waals surface area contributed by atoms with Crippen LogP contribution in [0.1, 0.15) is 19.4 Å². The topological polar surface area (TPSA) is 24.5 Å². The minimum atomic E-state index is 0.770. The number of likely N-dealkylation sites (N-methyl/N-ethyl adjacent to an activating group) is 1. The van der Waals surface area contributed by atoms with Crippen molar-refractivity contribution in [2.45, 2.75) is 20.3 Å². The van der Waals surface area contributed by atoms with Crippen molar-refractivity contribution in [3.63, 3.8) is 0 Å². The summed E-state index contributed by atoms with van der Waals surface area (Å²) < 4.78 is 5.57. The summed E-state index contributed by atoms with van der Waals surface area (Å²) in [5.74, 6) is 0.989. The van der Waals surface area contributed by atoms with Crippen LogP contribution in [0.3, 0.4) is 0 Å². The summed E-state index contributed by atoms with van der Waals surface area (Å²) in [4.78, 5) is 2.45. The SMILES string of the molecule is CCN(CC)CCc1ccc2c(c1)NCCO2. The molecule has 3 nitrogen and oxygen atoms in total. The van der Waals surface area contributed by atoms with Crippen molar-refractivity contribution < 1.29 is 4.74 Å². The maximum atomic E-state index is 5.57. The maximum absolute atomic E-state index is 5.57. The second-order valence-electron chi connectivity index (χ2n) is 4.38. The zero-order valence-corrected chi connectivity index (χ0v) is 10.8. The average molecular weight is 234 g/mol. The minimum absolute atomic E-state index is 0.770. The van der Waals surface area contributed by atoms with Crippen molar-refractivity contribution in [3.05, 3.63) is 23.8 Å². The van der Waals surface area contributed by atoms with Crippen LogP contribution in [0.2, 0.25) is 0 Å². The first-order valence-corrected chi connectivity index (χ1v) is 6.55. The normalized spacial score (nSPS) is 14.1. The summed E-state index contributed by atoms with van der Waals surface area (Å²) in [7, 11) is 0. The van der Waals surface area contributed by atoms with Gasteiger partial charge in [-0.25, -0.2) is 0 Å². The van der Waals surface area contributed by atoms with E-state index in [2.05, 4.69) is 42.3 Å². The molecule has 0 aromatic heterocycles. The molecule has 0 bridgehead atoms. The predicted molar refractivity (Wildman–Crippen MR) is 71.9 cm³/mol. The highest BCUT2D eigenvalue weighted by molar-refractivity contribution is 5.59. The van der Waals surface area contributed by atoms with Crippen LogP contribution >= 0.6 is 0 Å². The Balaban J connectivity index is 1.97. The van der Waals surface area contributed by atoms with Crippen molar-refractivity contribution in [3.8, 4) is 5.75 Å². The third-order valence-corrected chi connectivity index (χ3v) is 3.33. The van der Waals surface area contributed by atoms with Crippen molar-refractivity contribution >= 4 is 5.69 Å². The number of nitrogens with zero attached hydrogens (tertiary/aromatic N) is 1. The van der Waals surface area contributed by atoms with Gasteiger partial charge in [-0.3, -0.25) is 0 Å². The summed E-state index contributed by atoms with van der Waals surface area (Å²) in [6.07, 6.45) is 1.11. The smallest absolute Gasteiger partial charge is 0.142 e. The molecule has 3 heteroatoms. The van der Waals surface area contributed by atoms with Crippen LogP contribution in [0.25, 0.3) is 0 Å². The van der Waals surface area contributed by atoms with Gasteiger partial charge in [-0.2, -0.15) is 0 Å². The van der Waals surface area contributed by atoms with Gasteiger partial charge in [-0.15, -0.1) is 0 Å². The number of ether oxygens (including phenoxy) is 1. The number of benzene rings is 1. The van der Waals surface area contributed by atoms with Gasteiger partial charge >= 0.3 is 0 Å². The molecular weight excluding hydrogens is 212 g/mol. The lowest BCUT2D eigenvalue weighted by Gasteiger charge is -2.21. The first-order valence-electron chi connectivity index (χ1n) is 6.55. The van der Waals surface area contributed by atoms with E-state index in [1.165, 1.54) is 5.56 Å². The molecule has 0 amide bonds. The van der Waals surface area contributed by atoms with Crippen molar-refractivity contribution in [1.82, 2.24) is 4.90 Å². The second kappa shape index (κ2) is 5.92. The minimum Gasteiger partial charge on any atom is -0.490 e. The van der Waals surface area contributed by atoms with Gasteiger partial charge in [0.2, 0.25) is 0 Å². The summed E-state index contributed by atoms with van der Waals surface area (Å²) in [5, 5.41) is 3.38. The molecule has 1 aliphatic heterocycles. The number of rotatable bonds is 5. The Hall–Kier alpha value is -1.22. The monoisotopic (exact) mass is 234 g/mol. The molecule has 1 N–H and O–H groups in total. The molecule has 1 aromatic carbocycles. The molecule has 1 aliphatic rings. The summed E-state index contributed by atoms with van der Waals surface area (Å²) in [6.45, 7) is 9.49. The number of anilines is 1. The largest absolute Gasteiger partial charge is 0.490 e. The van der Waals surface area contributed by atoms with Gasteiger partial charge in [0.1, 0.15) is 12.4 Å². The fourth-order valence-electron chi connectivity index (χ4n) is 2.17.